The van der Waals surface area contributed by atoms with Crippen molar-refractivity contribution in [2.45, 2.75) is 64.1 Å². The van der Waals surface area contributed by atoms with Gasteiger partial charge in [0.25, 0.3) is 0 Å². The third-order valence-electron chi connectivity index (χ3n) is 6.54. The predicted octanol–water partition coefficient (Wildman–Crippen LogP) is 6.32. The molecule has 0 radical (unpaired) electrons. The Balaban J connectivity index is 1.94. The van der Waals surface area contributed by atoms with E-state index in [1.54, 1.807) is 18.2 Å². The first-order chi connectivity index (χ1) is 17.9. The molecule has 0 saturated heterocycles. The Morgan fingerprint density at radius 3 is 2.11 bits per heavy atom. The van der Waals surface area contributed by atoms with E-state index in [2.05, 4.69) is 5.32 Å². The van der Waals surface area contributed by atoms with Crippen LogP contribution in [0.1, 0.15) is 51.0 Å². The van der Waals surface area contributed by atoms with Gasteiger partial charge in [0.05, 0.1) is 32.0 Å². The molecule has 1 atom stereocenters. The Kier molecular flexibility index (Phi) is 11.0. The highest BCUT2D eigenvalue weighted by atomic mass is 35.5. The van der Waals surface area contributed by atoms with E-state index < -0.39 is 28.5 Å². The van der Waals surface area contributed by atoms with Gasteiger partial charge in [-0.15, -0.1) is 0 Å². The Morgan fingerprint density at radius 1 is 0.947 bits per heavy atom. The first kappa shape index (κ1) is 30.8. The van der Waals surface area contributed by atoms with Crippen LogP contribution in [0.15, 0.2) is 36.4 Å². The second-order valence-corrected chi connectivity index (χ2v) is 12.9. The highest BCUT2D eigenvalue weighted by Gasteiger charge is 2.33. The van der Waals surface area contributed by atoms with Gasteiger partial charge in [-0.1, -0.05) is 78.7 Å². The molecular weight excluding hydrogens is 592 g/mol. The maximum absolute atomic E-state index is 13.8. The molecule has 1 aliphatic rings. The van der Waals surface area contributed by atoms with Crippen molar-refractivity contribution in [1.29, 1.82) is 0 Å². The number of hydrogen-bond donors (Lipinski definition) is 1. The van der Waals surface area contributed by atoms with Crippen LogP contribution < -0.4 is 9.62 Å². The minimum atomic E-state index is -3.89. The molecule has 0 aliphatic heterocycles. The summed E-state index contributed by atoms with van der Waals surface area (Å²) in [5.41, 5.74) is 0.835. The first-order valence-corrected chi connectivity index (χ1v) is 15.7. The third-order valence-corrected chi connectivity index (χ3v) is 9.16. The molecule has 2 aromatic rings. The van der Waals surface area contributed by atoms with Gasteiger partial charge in [-0.05, 0) is 55.2 Å². The monoisotopic (exact) mass is 621 g/mol. The van der Waals surface area contributed by atoms with Crippen molar-refractivity contribution in [3.63, 3.8) is 0 Å². The smallest absolute Gasteiger partial charge is 0.244 e. The van der Waals surface area contributed by atoms with Gasteiger partial charge in [-0.25, -0.2) is 8.42 Å². The van der Waals surface area contributed by atoms with Gasteiger partial charge in [-0.2, -0.15) is 0 Å². The van der Waals surface area contributed by atoms with Crippen LogP contribution >= 0.6 is 46.4 Å². The number of benzene rings is 2. The van der Waals surface area contributed by atoms with Crippen LogP contribution in [-0.4, -0.2) is 50.0 Å². The number of amides is 2. The normalized spacial score (nSPS) is 15.1. The topological polar surface area (TPSA) is 86.8 Å². The summed E-state index contributed by atoms with van der Waals surface area (Å²) >= 11 is 24.4. The largest absolute Gasteiger partial charge is 0.352 e. The second-order valence-electron chi connectivity index (χ2n) is 9.41. The summed E-state index contributed by atoms with van der Waals surface area (Å²) in [5.74, 6) is -0.827. The van der Waals surface area contributed by atoms with E-state index in [4.69, 9.17) is 46.4 Å². The summed E-state index contributed by atoms with van der Waals surface area (Å²) in [5, 5.41) is 4.17. The van der Waals surface area contributed by atoms with Gasteiger partial charge < -0.3 is 10.2 Å². The number of nitrogens with zero attached hydrogens (tertiary/aromatic N) is 2. The molecule has 7 nitrogen and oxygen atoms in total. The Bertz CT molecular complexity index is 1270. The van der Waals surface area contributed by atoms with Crippen LogP contribution in [0.25, 0.3) is 0 Å². The molecule has 0 heterocycles. The molecule has 1 saturated carbocycles. The molecule has 208 valence electrons. The van der Waals surface area contributed by atoms with E-state index in [1.807, 2.05) is 6.92 Å². The molecule has 0 aromatic heterocycles. The van der Waals surface area contributed by atoms with E-state index in [0.717, 1.165) is 42.7 Å². The van der Waals surface area contributed by atoms with Crippen LogP contribution in [0.2, 0.25) is 20.1 Å². The van der Waals surface area contributed by atoms with Crippen molar-refractivity contribution in [3.05, 3.63) is 62.1 Å². The molecular formula is C26H31Cl4N3O4S. The quantitative estimate of drug-likeness (QED) is 0.336. The van der Waals surface area contributed by atoms with Crippen LogP contribution in [-0.2, 0) is 26.2 Å². The van der Waals surface area contributed by atoms with Crippen molar-refractivity contribution in [2.24, 2.45) is 0 Å². The van der Waals surface area contributed by atoms with Crippen LogP contribution in [0, 0.1) is 0 Å². The van der Waals surface area contributed by atoms with E-state index in [1.165, 1.54) is 23.1 Å². The van der Waals surface area contributed by atoms with Crippen molar-refractivity contribution in [1.82, 2.24) is 10.2 Å². The zero-order chi connectivity index (χ0) is 28.0. The van der Waals surface area contributed by atoms with Crippen LogP contribution in [0.3, 0.4) is 0 Å². The highest BCUT2D eigenvalue weighted by Crippen LogP contribution is 2.29. The molecule has 0 spiro atoms. The number of halogens is 4. The van der Waals surface area contributed by atoms with Crippen LogP contribution in [0.5, 0.6) is 0 Å². The number of carbonyl (C=O) groups excluding carboxylic acids is 2. The average Bonchev–Trinajstić information content (AvgIpc) is 2.86. The van der Waals surface area contributed by atoms with Gasteiger partial charge in [0, 0.05) is 12.6 Å². The lowest BCUT2D eigenvalue weighted by Crippen LogP contribution is -2.53. The third kappa shape index (κ3) is 8.15. The summed E-state index contributed by atoms with van der Waals surface area (Å²) in [6.07, 6.45) is 6.34. The fourth-order valence-electron chi connectivity index (χ4n) is 4.55. The van der Waals surface area contributed by atoms with E-state index in [-0.39, 0.29) is 34.2 Å². The first-order valence-electron chi connectivity index (χ1n) is 12.4. The average molecular weight is 623 g/mol. The lowest BCUT2D eigenvalue weighted by molar-refractivity contribution is -0.140. The molecule has 3 rings (SSSR count). The number of anilines is 1. The summed E-state index contributed by atoms with van der Waals surface area (Å²) in [4.78, 5) is 28.6. The molecule has 12 heteroatoms. The molecule has 0 unspecified atom stereocenters. The lowest BCUT2D eigenvalue weighted by atomic mass is 9.95. The van der Waals surface area contributed by atoms with Gasteiger partial charge in [0.15, 0.2) is 0 Å². The predicted molar refractivity (Wildman–Crippen MR) is 155 cm³/mol. The van der Waals surface area contributed by atoms with Crippen molar-refractivity contribution < 1.29 is 18.0 Å². The molecule has 1 N–H and O–H groups in total. The Morgan fingerprint density at radius 2 is 1.55 bits per heavy atom. The molecule has 1 aliphatic carbocycles. The van der Waals surface area contributed by atoms with Crippen molar-refractivity contribution >= 4 is 73.9 Å². The number of nitrogens with one attached hydrogen (secondary N) is 1. The molecule has 38 heavy (non-hydrogen) atoms. The lowest BCUT2D eigenvalue weighted by Gasteiger charge is -2.34. The number of rotatable bonds is 10. The van der Waals surface area contributed by atoms with E-state index >= 15 is 0 Å². The maximum atomic E-state index is 13.8. The summed E-state index contributed by atoms with van der Waals surface area (Å²) < 4.78 is 26.4. The minimum absolute atomic E-state index is 0.0330. The summed E-state index contributed by atoms with van der Waals surface area (Å²) in [6, 6.07) is 8.50. The molecule has 2 aromatic carbocycles. The Hall–Kier alpha value is -1.71. The molecule has 1 fully saturated rings. The second kappa shape index (κ2) is 13.6. The minimum Gasteiger partial charge on any atom is -0.352 e. The zero-order valence-corrected chi connectivity index (χ0v) is 25.1. The fourth-order valence-corrected chi connectivity index (χ4v) is 6.01. The fraction of sp³-hybridized carbons (Fsp3) is 0.462. The van der Waals surface area contributed by atoms with Crippen molar-refractivity contribution in [3.8, 4) is 0 Å². The SMILES string of the molecule is CC[C@H](C(=O)NC1CCCCC1)N(Cc1ccc(Cl)c(Cl)c1)C(=O)CN(c1ccc(Cl)c(Cl)c1)S(C)(=O)=O. The van der Waals surface area contributed by atoms with Gasteiger partial charge in [0.1, 0.15) is 12.6 Å². The summed E-state index contributed by atoms with van der Waals surface area (Å²) in [6.45, 7) is 1.31. The maximum Gasteiger partial charge on any atom is 0.244 e. The summed E-state index contributed by atoms with van der Waals surface area (Å²) in [7, 11) is -3.89. The van der Waals surface area contributed by atoms with Crippen LogP contribution in [0.4, 0.5) is 5.69 Å². The van der Waals surface area contributed by atoms with Gasteiger partial charge >= 0.3 is 0 Å². The highest BCUT2D eigenvalue weighted by molar-refractivity contribution is 7.92. The zero-order valence-electron chi connectivity index (χ0n) is 21.2. The van der Waals surface area contributed by atoms with E-state index in [9.17, 15) is 18.0 Å². The molecule has 0 bridgehead atoms. The Labute approximate surface area is 244 Å². The van der Waals surface area contributed by atoms with Crippen molar-refractivity contribution in [2.75, 3.05) is 17.1 Å². The van der Waals surface area contributed by atoms with E-state index in [0.29, 0.717) is 22.0 Å². The van der Waals surface area contributed by atoms with Gasteiger partial charge in [0.2, 0.25) is 21.8 Å². The molecule has 2 amide bonds. The number of hydrogen-bond acceptors (Lipinski definition) is 4. The van der Waals surface area contributed by atoms with Gasteiger partial charge in [-0.3, -0.25) is 13.9 Å². The standard InChI is InChI=1S/C26H31Cl4N3O4S/c1-3-24(26(35)31-18-7-5-4-6-8-18)32(15-17-9-11-20(27)22(29)13-17)25(34)16-33(38(2,36)37)19-10-12-21(28)23(30)14-19/h9-14,18,24H,3-8,15-16H2,1-2H3,(H,31,35)/t24-/m1/s1. The number of sulfonamides is 1. The number of carbonyl (C=O) groups is 2.